The van der Waals surface area contributed by atoms with Crippen molar-refractivity contribution in [2.45, 2.75) is 31.8 Å². The highest BCUT2D eigenvalue weighted by atomic mass is 32.2. The molecule has 1 aliphatic rings. The maximum atomic E-state index is 11.6. The first-order chi connectivity index (χ1) is 8.25. The molecule has 0 aromatic carbocycles. The first kappa shape index (κ1) is 12.2. The molecule has 0 saturated carbocycles. The number of carbonyl (C=O) groups is 2. The van der Waals surface area contributed by atoms with Crippen molar-refractivity contribution in [1.82, 2.24) is 9.88 Å². The molecular formula is C12H16N2O2S. The van der Waals surface area contributed by atoms with Crippen molar-refractivity contribution in [2.24, 2.45) is 0 Å². The van der Waals surface area contributed by atoms with E-state index in [2.05, 4.69) is 5.32 Å². The summed E-state index contributed by atoms with van der Waals surface area (Å²) >= 11 is 1.31. The summed E-state index contributed by atoms with van der Waals surface area (Å²) in [5, 5.41) is 2.89. The van der Waals surface area contributed by atoms with E-state index in [0.29, 0.717) is 6.42 Å². The van der Waals surface area contributed by atoms with Gasteiger partial charge in [-0.3, -0.25) is 9.59 Å². The maximum absolute atomic E-state index is 11.6. The van der Waals surface area contributed by atoms with Gasteiger partial charge in [-0.2, -0.15) is 0 Å². The first-order valence-corrected chi connectivity index (χ1v) is 6.81. The lowest BCUT2D eigenvalue weighted by atomic mass is 10.2. The number of rotatable bonds is 5. The molecule has 1 saturated heterocycles. The van der Waals surface area contributed by atoms with Crippen molar-refractivity contribution in [1.29, 1.82) is 0 Å². The number of nitrogens with one attached hydrogen (secondary N) is 1. The Morgan fingerprint density at radius 2 is 2.24 bits per heavy atom. The topological polar surface area (TPSA) is 51.1 Å². The second-order valence-corrected chi connectivity index (χ2v) is 5.20. The van der Waals surface area contributed by atoms with E-state index in [1.807, 2.05) is 29.1 Å². The maximum Gasteiger partial charge on any atom is 0.220 e. The first-order valence-electron chi connectivity index (χ1n) is 5.82. The molecule has 92 valence electrons. The van der Waals surface area contributed by atoms with E-state index in [1.165, 1.54) is 11.8 Å². The van der Waals surface area contributed by atoms with E-state index in [0.717, 1.165) is 25.1 Å². The third kappa shape index (κ3) is 3.63. The summed E-state index contributed by atoms with van der Waals surface area (Å²) in [5.74, 6) is 0.811. The van der Waals surface area contributed by atoms with Crippen molar-refractivity contribution < 1.29 is 9.59 Å². The van der Waals surface area contributed by atoms with Crippen LogP contribution in [0.15, 0.2) is 24.5 Å². The minimum atomic E-state index is -0.251. The van der Waals surface area contributed by atoms with Crippen molar-refractivity contribution in [3.8, 4) is 0 Å². The minimum absolute atomic E-state index is 0.0157. The monoisotopic (exact) mass is 252 g/mol. The van der Waals surface area contributed by atoms with Gasteiger partial charge in [-0.1, -0.05) is 11.8 Å². The predicted molar refractivity (Wildman–Crippen MR) is 67.7 cm³/mol. The lowest BCUT2D eigenvalue weighted by Crippen LogP contribution is -2.37. The second kappa shape index (κ2) is 5.91. The summed E-state index contributed by atoms with van der Waals surface area (Å²) in [6.07, 6.45) is 6.01. The fourth-order valence-corrected chi connectivity index (χ4v) is 2.77. The number of thioether (sulfide) groups is 1. The fraction of sp³-hybridized carbons (Fsp3) is 0.500. The zero-order valence-electron chi connectivity index (χ0n) is 9.59. The lowest BCUT2D eigenvalue weighted by molar-refractivity contribution is -0.124. The number of aromatic nitrogens is 1. The van der Waals surface area contributed by atoms with Gasteiger partial charge in [0.2, 0.25) is 11.0 Å². The van der Waals surface area contributed by atoms with Crippen LogP contribution in [0.5, 0.6) is 0 Å². The van der Waals surface area contributed by atoms with Gasteiger partial charge in [-0.15, -0.1) is 0 Å². The summed E-state index contributed by atoms with van der Waals surface area (Å²) in [6.45, 7) is 0.841. The number of carbonyl (C=O) groups excluding carboxylic acids is 2. The molecule has 0 bridgehead atoms. The smallest absolute Gasteiger partial charge is 0.220 e. The van der Waals surface area contributed by atoms with Gasteiger partial charge < -0.3 is 9.88 Å². The molecule has 1 aromatic heterocycles. The Kier molecular flexibility index (Phi) is 4.25. The van der Waals surface area contributed by atoms with Crippen molar-refractivity contribution >= 4 is 22.8 Å². The van der Waals surface area contributed by atoms with Crippen LogP contribution >= 0.6 is 11.8 Å². The zero-order chi connectivity index (χ0) is 12.1. The number of nitrogens with zero attached hydrogens (tertiary/aromatic N) is 1. The van der Waals surface area contributed by atoms with Crippen molar-refractivity contribution in [3.05, 3.63) is 24.5 Å². The standard InChI is InChI=1S/C12H16N2O2S/c15-11(13-10-5-9-17-12(10)16)4-3-8-14-6-1-2-7-14/h1-2,6-7,10H,3-5,8-9H2,(H,13,15). The van der Waals surface area contributed by atoms with Crippen LogP contribution in [0.25, 0.3) is 0 Å². The molecule has 0 aliphatic carbocycles. The number of hydrogen-bond donors (Lipinski definition) is 1. The Hall–Kier alpha value is -1.23. The summed E-state index contributed by atoms with van der Waals surface area (Å²) in [5.41, 5.74) is 0. The van der Waals surface area contributed by atoms with Crippen LogP contribution in [0.1, 0.15) is 19.3 Å². The van der Waals surface area contributed by atoms with Crippen LogP contribution in [0.4, 0.5) is 0 Å². The molecule has 1 N–H and O–H groups in total. The molecule has 1 amide bonds. The van der Waals surface area contributed by atoms with E-state index in [9.17, 15) is 9.59 Å². The Morgan fingerprint density at radius 1 is 1.47 bits per heavy atom. The summed E-state index contributed by atoms with van der Waals surface area (Å²) in [4.78, 5) is 22.9. The largest absolute Gasteiger partial charge is 0.354 e. The Bertz CT molecular complexity index is 389. The second-order valence-electron chi connectivity index (χ2n) is 4.10. The van der Waals surface area contributed by atoms with Crippen LogP contribution in [-0.4, -0.2) is 27.4 Å². The molecule has 5 heteroatoms. The van der Waals surface area contributed by atoms with Gasteiger partial charge in [0.05, 0.1) is 6.04 Å². The van der Waals surface area contributed by atoms with Crippen LogP contribution in [-0.2, 0) is 16.1 Å². The quantitative estimate of drug-likeness (QED) is 0.862. The van der Waals surface area contributed by atoms with Gasteiger partial charge in [0.1, 0.15) is 0 Å². The molecule has 1 atom stereocenters. The average Bonchev–Trinajstić information content (AvgIpc) is 2.92. The molecule has 0 spiro atoms. The zero-order valence-corrected chi connectivity index (χ0v) is 10.4. The highest BCUT2D eigenvalue weighted by Gasteiger charge is 2.26. The molecule has 2 rings (SSSR count). The number of aryl methyl sites for hydroxylation is 1. The predicted octanol–water partition coefficient (Wildman–Crippen LogP) is 1.42. The molecule has 17 heavy (non-hydrogen) atoms. The van der Waals surface area contributed by atoms with Crippen LogP contribution in [0.3, 0.4) is 0 Å². The Labute approximate surface area is 105 Å². The molecule has 0 radical (unpaired) electrons. The molecule has 2 heterocycles. The normalized spacial score (nSPS) is 19.5. The van der Waals surface area contributed by atoms with E-state index in [1.54, 1.807) is 0 Å². The number of hydrogen-bond acceptors (Lipinski definition) is 3. The molecular weight excluding hydrogens is 236 g/mol. The minimum Gasteiger partial charge on any atom is -0.354 e. The highest BCUT2D eigenvalue weighted by Crippen LogP contribution is 2.19. The average molecular weight is 252 g/mol. The van der Waals surface area contributed by atoms with Gasteiger partial charge in [-0.25, -0.2) is 0 Å². The third-order valence-electron chi connectivity index (χ3n) is 2.76. The van der Waals surface area contributed by atoms with Crippen molar-refractivity contribution in [3.63, 3.8) is 0 Å². The third-order valence-corrected chi connectivity index (χ3v) is 3.77. The highest BCUT2D eigenvalue weighted by molar-refractivity contribution is 8.14. The molecule has 1 aromatic rings. The SMILES string of the molecule is O=C(CCCn1cccc1)NC1CCSC1=O. The van der Waals surface area contributed by atoms with E-state index >= 15 is 0 Å². The summed E-state index contributed by atoms with van der Waals surface area (Å²) in [6, 6.07) is 3.68. The number of amides is 1. The van der Waals surface area contributed by atoms with Crippen LogP contribution in [0.2, 0.25) is 0 Å². The van der Waals surface area contributed by atoms with Gasteiger partial charge in [0.25, 0.3) is 0 Å². The van der Waals surface area contributed by atoms with Gasteiger partial charge in [-0.05, 0) is 25.0 Å². The van der Waals surface area contributed by atoms with Crippen LogP contribution in [0, 0.1) is 0 Å². The Balaban J connectivity index is 1.65. The molecule has 1 unspecified atom stereocenters. The van der Waals surface area contributed by atoms with E-state index < -0.39 is 0 Å². The van der Waals surface area contributed by atoms with E-state index in [-0.39, 0.29) is 17.1 Å². The molecule has 1 aliphatic heterocycles. The van der Waals surface area contributed by atoms with Gasteiger partial charge in [0.15, 0.2) is 0 Å². The van der Waals surface area contributed by atoms with Crippen LogP contribution < -0.4 is 5.32 Å². The summed E-state index contributed by atoms with van der Waals surface area (Å²) in [7, 11) is 0. The van der Waals surface area contributed by atoms with Gasteiger partial charge in [0, 0.05) is 31.1 Å². The fourth-order valence-electron chi connectivity index (χ4n) is 1.83. The van der Waals surface area contributed by atoms with E-state index in [4.69, 9.17) is 0 Å². The van der Waals surface area contributed by atoms with Crippen molar-refractivity contribution in [2.75, 3.05) is 5.75 Å². The molecule has 4 nitrogen and oxygen atoms in total. The molecule has 1 fully saturated rings. The lowest BCUT2D eigenvalue weighted by Gasteiger charge is -2.10. The van der Waals surface area contributed by atoms with Gasteiger partial charge >= 0.3 is 0 Å². The summed E-state index contributed by atoms with van der Waals surface area (Å²) < 4.78 is 2.05. The Morgan fingerprint density at radius 3 is 2.88 bits per heavy atom.